The number of Topliss-reactive ketones (excluding diaryl/α,β-unsaturated/α-hetero) is 1. The highest BCUT2D eigenvalue weighted by Crippen LogP contribution is 2.74. The van der Waals surface area contributed by atoms with Crippen molar-refractivity contribution in [1.82, 2.24) is 0 Å². The Morgan fingerprint density at radius 2 is 0.827 bits per heavy atom. The molecule has 6 aromatic rings. The maximum Gasteiger partial charge on any atom is 0.269 e. The molecule has 0 spiro atoms. The first-order valence-corrected chi connectivity index (χ1v) is 17.1. The molecule has 1 heterocycles. The molecular formula is C45H30N2O5. The molecule has 2 bridgehead atoms. The highest BCUT2D eigenvalue weighted by Gasteiger charge is 2.82. The largest absolute Gasteiger partial charge is 0.297 e. The van der Waals surface area contributed by atoms with Crippen LogP contribution in [0.3, 0.4) is 0 Å². The normalized spacial score (nSPS) is 23.3. The molecule has 0 radical (unpaired) electrons. The van der Waals surface area contributed by atoms with Crippen LogP contribution in [0.25, 0.3) is 22.3 Å². The molecule has 0 unspecified atom stereocenters. The van der Waals surface area contributed by atoms with E-state index in [0.29, 0.717) is 16.8 Å². The minimum Gasteiger partial charge on any atom is -0.297 e. The molecule has 9 rings (SSSR count). The number of nitro groups is 1. The smallest absolute Gasteiger partial charge is 0.269 e. The van der Waals surface area contributed by atoms with Gasteiger partial charge in [0.2, 0.25) is 11.8 Å². The van der Waals surface area contributed by atoms with Crippen molar-refractivity contribution < 1.29 is 19.3 Å². The van der Waals surface area contributed by atoms with Crippen molar-refractivity contribution in [2.24, 2.45) is 11.8 Å². The van der Waals surface area contributed by atoms with E-state index in [1.54, 1.807) is 36.4 Å². The average molecular weight is 679 g/mol. The van der Waals surface area contributed by atoms with Crippen LogP contribution >= 0.6 is 0 Å². The van der Waals surface area contributed by atoms with Gasteiger partial charge in [-0.25, -0.2) is 4.90 Å². The molecule has 250 valence electrons. The van der Waals surface area contributed by atoms with Gasteiger partial charge in [0.15, 0.2) is 5.78 Å². The summed E-state index contributed by atoms with van der Waals surface area (Å²) in [4.78, 5) is 58.5. The molecule has 0 aromatic heterocycles. The Labute approximate surface area is 299 Å². The number of carbonyl (C=O) groups is 3. The zero-order valence-corrected chi connectivity index (χ0v) is 27.8. The molecular weight excluding hydrogens is 649 g/mol. The van der Waals surface area contributed by atoms with Gasteiger partial charge in [0.25, 0.3) is 5.69 Å². The van der Waals surface area contributed by atoms with E-state index in [-0.39, 0.29) is 11.5 Å². The zero-order valence-electron chi connectivity index (χ0n) is 27.8. The first-order chi connectivity index (χ1) is 25.4. The molecule has 1 saturated heterocycles. The van der Waals surface area contributed by atoms with E-state index in [0.717, 1.165) is 33.4 Å². The summed E-state index contributed by atoms with van der Waals surface area (Å²) in [5.41, 5.74) is 3.45. The van der Waals surface area contributed by atoms with Crippen LogP contribution in [0.5, 0.6) is 0 Å². The van der Waals surface area contributed by atoms with Crippen LogP contribution < -0.4 is 4.90 Å². The number of amides is 2. The van der Waals surface area contributed by atoms with Crippen LogP contribution in [0.4, 0.5) is 11.4 Å². The Morgan fingerprint density at radius 1 is 0.462 bits per heavy atom. The van der Waals surface area contributed by atoms with E-state index < -0.39 is 39.4 Å². The number of anilines is 1. The number of imide groups is 1. The summed E-state index contributed by atoms with van der Waals surface area (Å²) in [6.07, 6.45) is 0. The topological polar surface area (TPSA) is 97.6 Å². The third kappa shape index (κ3) is 4.10. The Bertz CT molecular complexity index is 2310. The number of nitrogens with zero attached hydrogens (tertiary/aromatic N) is 2. The molecule has 52 heavy (non-hydrogen) atoms. The molecule has 2 amide bonds. The summed E-state index contributed by atoms with van der Waals surface area (Å²) >= 11 is 0. The molecule has 4 atom stereocenters. The van der Waals surface area contributed by atoms with E-state index >= 15 is 14.4 Å². The maximum atomic E-state index is 16.0. The average Bonchev–Trinajstić information content (AvgIpc) is 3.71. The number of ketones is 1. The Balaban J connectivity index is 1.30. The van der Waals surface area contributed by atoms with Crippen LogP contribution in [0.15, 0.2) is 170 Å². The van der Waals surface area contributed by atoms with E-state index in [4.69, 9.17) is 0 Å². The van der Waals surface area contributed by atoms with Gasteiger partial charge in [0, 0.05) is 12.1 Å². The molecule has 2 aliphatic carbocycles. The molecule has 0 N–H and O–H groups in total. The van der Waals surface area contributed by atoms with Gasteiger partial charge in [0.1, 0.15) is 0 Å². The van der Waals surface area contributed by atoms with Crippen molar-refractivity contribution in [3.05, 3.63) is 202 Å². The van der Waals surface area contributed by atoms with E-state index in [1.165, 1.54) is 17.0 Å². The van der Waals surface area contributed by atoms with Crippen LogP contribution in [0.1, 0.15) is 22.3 Å². The maximum absolute atomic E-state index is 16.0. The van der Waals surface area contributed by atoms with Crippen molar-refractivity contribution in [1.29, 1.82) is 0 Å². The van der Waals surface area contributed by atoms with Crippen molar-refractivity contribution in [2.75, 3.05) is 4.90 Å². The fourth-order valence-corrected chi connectivity index (χ4v) is 9.17. The summed E-state index contributed by atoms with van der Waals surface area (Å²) in [6, 6.07) is 51.8. The Morgan fingerprint density at radius 3 is 1.21 bits per heavy atom. The summed E-state index contributed by atoms with van der Waals surface area (Å²) in [5.74, 6) is -3.05. The number of carbonyl (C=O) groups excluding carboxylic acids is 3. The second-order valence-electron chi connectivity index (χ2n) is 13.5. The molecule has 6 aromatic carbocycles. The summed E-state index contributed by atoms with van der Waals surface area (Å²) < 4.78 is 0. The predicted molar refractivity (Wildman–Crippen MR) is 199 cm³/mol. The number of hydrogen-bond acceptors (Lipinski definition) is 5. The minimum absolute atomic E-state index is 0.0117. The van der Waals surface area contributed by atoms with E-state index in [1.807, 2.05) is 121 Å². The summed E-state index contributed by atoms with van der Waals surface area (Å²) in [6.45, 7) is 0. The lowest BCUT2D eigenvalue weighted by Crippen LogP contribution is -2.45. The molecule has 3 aliphatic rings. The molecule has 2 fully saturated rings. The fraction of sp³-hybridized carbons (Fsp3) is 0.0889. The van der Waals surface area contributed by atoms with Gasteiger partial charge in [0.05, 0.1) is 33.3 Å². The van der Waals surface area contributed by atoms with Gasteiger partial charge in [-0.3, -0.25) is 24.5 Å². The van der Waals surface area contributed by atoms with Gasteiger partial charge in [-0.05, 0) is 68.8 Å². The second-order valence-corrected chi connectivity index (χ2v) is 13.5. The highest BCUT2D eigenvalue weighted by atomic mass is 16.6. The van der Waals surface area contributed by atoms with E-state index in [2.05, 4.69) is 0 Å². The third-order valence-corrected chi connectivity index (χ3v) is 11.1. The lowest BCUT2D eigenvalue weighted by atomic mass is 9.59. The van der Waals surface area contributed by atoms with Crippen molar-refractivity contribution >= 4 is 40.1 Å². The lowest BCUT2D eigenvalue weighted by Gasteiger charge is -2.39. The number of non-ortho nitro benzene ring substituents is 1. The van der Waals surface area contributed by atoms with Crippen molar-refractivity contribution in [3.63, 3.8) is 0 Å². The molecule has 7 heteroatoms. The summed E-state index contributed by atoms with van der Waals surface area (Å²) in [5, 5.41) is 11.2. The lowest BCUT2D eigenvalue weighted by molar-refractivity contribution is -0.384. The molecule has 1 aliphatic heterocycles. The van der Waals surface area contributed by atoms with Gasteiger partial charge >= 0.3 is 0 Å². The number of fused-ring (bicyclic) bond motifs is 5. The van der Waals surface area contributed by atoms with Crippen LogP contribution in [-0.4, -0.2) is 22.5 Å². The van der Waals surface area contributed by atoms with Crippen LogP contribution in [-0.2, 0) is 25.2 Å². The second kappa shape index (κ2) is 11.7. The molecule has 7 nitrogen and oxygen atoms in total. The zero-order chi connectivity index (χ0) is 35.6. The monoisotopic (exact) mass is 678 g/mol. The van der Waals surface area contributed by atoms with Gasteiger partial charge in [-0.2, -0.15) is 0 Å². The number of benzene rings is 6. The first kappa shape index (κ1) is 31.3. The Kier molecular flexibility index (Phi) is 7.02. The van der Waals surface area contributed by atoms with Crippen LogP contribution in [0.2, 0.25) is 0 Å². The Hall–Kier alpha value is -6.73. The van der Waals surface area contributed by atoms with Gasteiger partial charge < -0.3 is 0 Å². The number of nitro benzene ring substituents is 1. The van der Waals surface area contributed by atoms with Crippen molar-refractivity contribution in [2.45, 2.75) is 10.8 Å². The number of hydrogen-bond donors (Lipinski definition) is 0. The number of rotatable bonds is 7. The van der Waals surface area contributed by atoms with E-state index in [9.17, 15) is 10.1 Å². The predicted octanol–water partition coefficient (Wildman–Crippen LogP) is 8.45. The molecule has 1 saturated carbocycles. The minimum atomic E-state index is -1.48. The standard InChI is InChI=1S/C45H30N2O5/c48-41-39-40(42(49)46(41)35-25-21-29(22-26-35)30-23-27-36(28-24-30)47(51)52)45(34-19-11-4-12-20-34)38(32-15-7-2-8-16-32)37(31-13-5-1-6-14-31)44(39,43(45)50)33-17-9-3-10-18-33/h1-28,39-40H/t39-,40-,44+,45+/m1/s1. The first-order valence-electron chi connectivity index (χ1n) is 17.1. The third-order valence-electron chi connectivity index (χ3n) is 11.1. The fourth-order valence-electron chi connectivity index (χ4n) is 9.17. The van der Waals surface area contributed by atoms with Gasteiger partial charge in [-0.15, -0.1) is 0 Å². The highest BCUT2D eigenvalue weighted by molar-refractivity contribution is 6.39. The summed E-state index contributed by atoms with van der Waals surface area (Å²) in [7, 11) is 0. The van der Waals surface area contributed by atoms with Crippen LogP contribution in [0, 0.1) is 22.0 Å². The van der Waals surface area contributed by atoms with Crippen molar-refractivity contribution in [3.8, 4) is 11.1 Å². The quantitative estimate of drug-likeness (QED) is 0.0959. The van der Waals surface area contributed by atoms with Gasteiger partial charge in [-0.1, -0.05) is 133 Å². The SMILES string of the molecule is O=C1[C@H]2[C@H](C(=O)N1c1ccc(-c3ccc([N+](=O)[O-])cc3)cc1)[C@@]1(c3ccccc3)C(=O)[C@@]2(c2ccccc2)C(c2ccccc2)=C1c1ccccc1. The number of allylic oxidation sites excluding steroid dienone is 2.